The van der Waals surface area contributed by atoms with E-state index in [2.05, 4.69) is 22.4 Å². The number of aromatic nitrogens is 4. The van der Waals surface area contributed by atoms with E-state index in [0.29, 0.717) is 5.92 Å². The molecule has 0 saturated heterocycles. The molecule has 1 atom stereocenters. The number of nitrogens with zero attached hydrogens (tertiary/aromatic N) is 4. The number of tetrazole rings is 1. The van der Waals surface area contributed by atoms with E-state index in [0.717, 1.165) is 35.1 Å². The van der Waals surface area contributed by atoms with Crippen LogP contribution in [0.5, 0.6) is 0 Å². The van der Waals surface area contributed by atoms with Crippen LogP contribution in [0.1, 0.15) is 25.3 Å². The SMILES string of the molecule is Cc1ccc(N)c(-c2nnnn2CC(C)C2CC2)c1. The van der Waals surface area contributed by atoms with Crippen LogP contribution in [0.4, 0.5) is 5.69 Å². The molecule has 1 heterocycles. The Balaban J connectivity index is 1.92. The Morgan fingerprint density at radius 3 is 2.95 bits per heavy atom. The van der Waals surface area contributed by atoms with Crippen molar-refractivity contribution in [2.75, 3.05) is 5.73 Å². The van der Waals surface area contributed by atoms with Crippen molar-refractivity contribution >= 4 is 5.69 Å². The van der Waals surface area contributed by atoms with Crippen LogP contribution in [0.25, 0.3) is 11.4 Å². The second kappa shape index (κ2) is 4.64. The van der Waals surface area contributed by atoms with Crippen LogP contribution in [-0.2, 0) is 6.54 Å². The molecular weight excluding hydrogens is 238 g/mol. The van der Waals surface area contributed by atoms with Crippen molar-refractivity contribution in [2.24, 2.45) is 11.8 Å². The molecule has 0 spiro atoms. The molecular formula is C14H19N5. The summed E-state index contributed by atoms with van der Waals surface area (Å²) >= 11 is 0. The fourth-order valence-electron chi connectivity index (χ4n) is 2.47. The zero-order chi connectivity index (χ0) is 13.4. The van der Waals surface area contributed by atoms with Gasteiger partial charge in [-0.15, -0.1) is 5.10 Å². The number of benzene rings is 1. The summed E-state index contributed by atoms with van der Waals surface area (Å²) in [5, 5.41) is 12.1. The summed E-state index contributed by atoms with van der Waals surface area (Å²) in [6.07, 6.45) is 2.68. The van der Waals surface area contributed by atoms with Gasteiger partial charge in [0.15, 0.2) is 5.82 Å². The van der Waals surface area contributed by atoms with Crippen molar-refractivity contribution in [2.45, 2.75) is 33.2 Å². The first-order valence-corrected chi connectivity index (χ1v) is 6.78. The molecule has 1 aliphatic carbocycles. The van der Waals surface area contributed by atoms with Gasteiger partial charge in [-0.05, 0) is 54.2 Å². The van der Waals surface area contributed by atoms with Gasteiger partial charge in [-0.3, -0.25) is 0 Å². The Morgan fingerprint density at radius 1 is 1.42 bits per heavy atom. The van der Waals surface area contributed by atoms with E-state index >= 15 is 0 Å². The molecule has 1 saturated carbocycles. The van der Waals surface area contributed by atoms with Gasteiger partial charge in [0.05, 0.1) is 0 Å². The standard InChI is InChI=1S/C14H19N5/c1-9-3-6-13(15)12(7-9)14-16-17-18-19(14)8-10(2)11-4-5-11/h3,6-7,10-11H,4-5,8,15H2,1-2H3. The first-order valence-electron chi connectivity index (χ1n) is 6.78. The molecule has 2 aromatic rings. The number of anilines is 1. The lowest BCUT2D eigenvalue weighted by atomic mass is 10.1. The summed E-state index contributed by atoms with van der Waals surface area (Å²) in [6.45, 7) is 5.17. The maximum atomic E-state index is 6.04. The monoisotopic (exact) mass is 257 g/mol. The normalized spacial score (nSPS) is 16.5. The summed E-state index contributed by atoms with van der Waals surface area (Å²) in [4.78, 5) is 0. The minimum Gasteiger partial charge on any atom is -0.398 e. The molecule has 1 aromatic carbocycles. The van der Waals surface area contributed by atoms with E-state index in [1.807, 2.05) is 29.8 Å². The molecule has 3 rings (SSSR count). The molecule has 0 amide bonds. The predicted octanol–water partition coefficient (Wildman–Crippen LogP) is 2.28. The molecule has 1 aromatic heterocycles. The Labute approximate surface area is 112 Å². The Bertz CT molecular complexity index is 585. The summed E-state index contributed by atoms with van der Waals surface area (Å²) in [5.74, 6) is 2.23. The fraction of sp³-hybridized carbons (Fsp3) is 0.500. The second-order valence-corrected chi connectivity index (χ2v) is 5.59. The quantitative estimate of drug-likeness (QED) is 0.853. The largest absolute Gasteiger partial charge is 0.398 e. The van der Waals surface area contributed by atoms with Gasteiger partial charge in [0.25, 0.3) is 0 Å². The van der Waals surface area contributed by atoms with Gasteiger partial charge in [0.2, 0.25) is 0 Å². The summed E-state index contributed by atoms with van der Waals surface area (Å²) in [7, 11) is 0. The molecule has 2 N–H and O–H groups in total. The molecule has 5 nitrogen and oxygen atoms in total. The Kier molecular flexibility index (Phi) is 2.97. The lowest BCUT2D eigenvalue weighted by Gasteiger charge is -2.12. The van der Waals surface area contributed by atoms with Crippen molar-refractivity contribution in [1.82, 2.24) is 20.2 Å². The van der Waals surface area contributed by atoms with Crippen LogP contribution in [0, 0.1) is 18.8 Å². The lowest BCUT2D eigenvalue weighted by molar-refractivity contribution is 0.402. The number of aryl methyl sites for hydroxylation is 1. The van der Waals surface area contributed by atoms with E-state index in [9.17, 15) is 0 Å². The zero-order valence-corrected chi connectivity index (χ0v) is 11.4. The van der Waals surface area contributed by atoms with E-state index in [1.165, 1.54) is 12.8 Å². The zero-order valence-electron chi connectivity index (χ0n) is 11.4. The van der Waals surface area contributed by atoms with Crippen molar-refractivity contribution < 1.29 is 0 Å². The first kappa shape index (κ1) is 12.1. The van der Waals surface area contributed by atoms with Gasteiger partial charge in [-0.1, -0.05) is 18.6 Å². The number of nitrogens with two attached hydrogens (primary N) is 1. The minimum atomic E-state index is 0.619. The van der Waals surface area contributed by atoms with Crippen LogP contribution in [-0.4, -0.2) is 20.2 Å². The number of hydrogen-bond acceptors (Lipinski definition) is 4. The van der Waals surface area contributed by atoms with Crippen LogP contribution < -0.4 is 5.73 Å². The molecule has 19 heavy (non-hydrogen) atoms. The van der Waals surface area contributed by atoms with Gasteiger partial charge >= 0.3 is 0 Å². The highest BCUT2D eigenvalue weighted by atomic mass is 15.5. The smallest absolute Gasteiger partial charge is 0.184 e. The number of rotatable bonds is 4. The van der Waals surface area contributed by atoms with Crippen LogP contribution >= 0.6 is 0 Å². The van der Waals surface area contributed by atoms with Gasteiger partial charge < -0.3 is 5.73 Å². The Hall–Kier alpha value is -1.91. The van der Waals surface area contributed by atoms with E-state index < -0.39 is 0 Å². The van der Waals surface area contributed by atoms with E-state index in [1.54, 1.807) is 0 Å². The fourth-order valence-corrected chi connectivity index (χ4v) is 2.47. The molecule has 100 valence electrons. The highest BCUT2D eigenvalue weighted by molar-refractivity contribution is 5.71. The third kappa shape index (κ3) is 2.45. The third-order valence-corrected chi connectivity index (χ3v) is 3.87. The number of nitrogen functional groups attached to an aromatic ring is 1. The molecule has 1 unspecified atom stereocenters. The van der Waals surface area contributed by atoms with Crippen molar-refractivity contribution in [1.29, 1.82) is 0 Å². The van der Waals surface area contributed by atoms with E-state index in [-0.39, 0.29) is 0 Å². The summed E-state index contributed by atoms with van der Waals surface area (Å²) in [6, 6.07) is 5.95. The average molecular weight is 257 g/mol. The molecule has 5 heteroatoms. The predicted molar refractivity (Wildman–Crippen MR) is 74.3 cm³/mol. The van der Waals surface area contributed by atoms with Crippen molar-refractivity contribution in [3.63, 3.8) is 0 Å². The summed E-state index contributed by atoms with van der Waals surface area (Å²) in [5.41, 5.74) is 8.85. The van der Waals surface area contributed by atoms with Crippen molar-refractivity contribution in [3.05, 3.63) is 23.8 Å². The van der Waals surface area contributed by atoms with E-state index in [4.69, 9.17) is 5.73 Å². The second-order valence-electron chi connectivity index (χ2n) is 5.59. The molecule has 1 aliphatic rings. The van der Waals surface area contributed by atoms with Gasteiger partial charge in [-0.2, -0.15) is 0 Å². The van der Waals surface area contributed by atoms with Gasteiger partial charge in [0, 0.05) is 17.8 Å². The van der Waals surface area contributed by atoms with Crippen LogP contribution in [0.2, 0.25) is 0 Å². The maximum Gasteiger partial charge on any atom is 0.184 e. The first-order chi connectivity index (χ1) is 9.15. The van der Waals surface area contributed by atoms with Gasteiger partial charge in [0.1, 0.15) is 0 Å². The molecule has 0 bridgehead atoms. The maximum absolute atomic E-state index is 6.04. The topological polar surface area (TPSA) is 69.6 Å². The van der Waals surface area contributed by atoms with Crippen LogP contribution in [0.3, 0.4) is 0 Å². The summed E-state index contributed by atoms with van der Waals surface area (Å²) < 4.78 is 1.88. The Morgan fingerprint density at radius 2 is 2.21 bits per heavy atom. The minimum absolute atomic E-state index is 0.619. The number of hydrogen-bond donors (Lipinski definition) is 1. The van der Waals surface area contributed by atoms with Crippen LogP contribution in [0.15, 0.2) is 18.2 Å². The highest BCUT2D eigenvalue weighted by Gasteiger charge is 2.29. The average Bonchev–Trinajstić information content (AvgIpc) is 3.14. The van der Waals surface area contributed by atoms with Gasteiger partial charge in [-0.25, -0.2) is 4.68 Å². The lowest BCUT2D eigenvalue weighted by Crippen LogP contribution is -2.12. The third-order valence-electron chi connectivity index (χ3n) is 3.87. The highest BCUT2D eigenvalue weighted by Crippen LogP contribution is 2.37. The molecule has 1 fully saturated rings. The van der Waals surface area contributed by atoms with Crippen molar-refractivity contribution in [3.8, 4) is 11.4 Å². The molecule has 0 radical (unpaired) electrons. The molecule has 0 aliphatic heterocycles.